The average molecular weight is 357 g/mol. The van der Waals surface area contributed by atoms with E-state index < -0.39 is 0 Å². The molecule has 2 aromatic rings. The number of para-hydroxylation sites is 2. The smallest absolute Gasteiger partial charge is 0.414 e. The summed E-state index contributed by atoms with van der Waals surface area (Å²) in [7, 11) is 0. The zero-order valence-corrected chi connectivity index (χ0v) is 14.5. The highest BCUT2D eigenvalue weighted by atomic mass is 32.1. The number of nitrogens with one attached hydrogen (secondary N) is 2. The van der Waals surface area contributed by atoms with Crippen molar-refractivity contribution < 1.29 is 14.3 Å². The van der Waals surface area contributed by atoms with Crippen molar-refractivity contribution in [3.8, 4) is 0 Å². The van der Waals surface area contributed by atoms with Crippen molar-refractivity contribution in [3.63, 3.8) is 0 Å². The minimum Gasteiger partial charge on any atom is -0.447 e. The molecule has 1 aromatic heterocycles. The van der Waals surface area contributed by atoms with Gasteiger partial charge in [0.15, 0.2) is 0 Å². The van der Waals surface area contributed by atoms with Gasteiger partial charge in [-0.1, -0.05) is 12.1 Å². The van der Waals surface area contributed by atoms with Crippen molar-refractivity contribution >= 4 is 34.7 Å². The van der Waals surface area contributed by atoms with Gasteiger partial charge < -0.3 is 15.4 Å². The number of anilines is 2. The standard InChI is InChI=1S/C18H19N3O3S/c22-17(16-8-7-15(25-16)13-5-3-9-19-13)20-12-4-1-2-6-14(12)21-10-11-24-18(21)23/h1-2,4,6-8,13,19H,3,5,9-11H2,(H,20,22). The molecule has 2 fully saturated rings. The lowest BCUT2D eigenvalue weighted by Crippen LogP contribution is -2.25. The first-order chi connectivity index (χ1) is 12.2. The Morgan fingerprint density at radius 3 is 2.92 bits per heavy atom. The molecule has 0 bridgehead atoms. The van der Waals surface area contributed by atoms with Crippen LogP contribution in [0.15, 0.2) is 36.4 Å². The molecular weight excluding hydrogens is 338 g/mol. The number of ether oxygens (including phenoxy) is 1. The zero-order chi connectivity index (χ0) is 17.2. The summed E-state index contributed by atoms with van der Waals surface area (Å²) >= 11 is 1.52. The average Bonchev–Trinajstić information content (AvgIpc) is 3.36. The number of thiophene rings is 1. The van der Waals surface area contributed by atoms with E-state index in [0.717, 1.165) is 13.0 Å². The van der Waals surface area contributed by atoms with Crippen molar-refractivity contribution in [2.45, 2.75) is 18.9 Å². The van der Waals surface area contributed by atoms with Crippen LogP contribution in [-0.2, 0) is 4.74 Å². The number of benzene rings is 1. The number of cyclic esters (lactones) is 1. The molecule has 2 saturated heterocycles. The van der Waals surface area contributed by atoms with Crippen molar-refractivity contribution in [2.24, 2.45) is 0 Å². The number of carbonyl (C=O) groups excluding carboxylic acids is 2. The van der Waals surface area contributed by atoms with Crippen molar-refractivity contribution in [1.29, 1.82) is 0 Å². The highest BCUT2D eigenvalue weighted by Gasteiger charge is 2.26. The van der Waals surface area contributed by atoms with Crippen LogP contribution >= 0.6 is 11.3 Å². The van der Waals surface area contributed by atoms with Gasteiger partial charge in [0.1, 0.15) is 6.61 Å². The summed E-state index contributed by atoms with van der Waals surface area (Å²) in [4.78, 5) is 27.9. The molecule has 0 aliphatic carbocycles. The molecule has 0 radical (unpaired) electrons. The van der Waals surface area contributed by atoms with E-state index in [1.54, 1.807) is 6.07 Å². The van der Waals surface area contributed by atoms with E-state index in [-0.39, 0.29) is 12.0 Å². The number of hydrogen-bond donors (Lipinski definition) is 2. The minimum absolute atomic E-state index is 0.158. The van der Waals surface area contributed by atoms with Crippen molar-refractivity contribution in [2.75, 3.05) is 29.9 Å². The molecule has 2 aliphatic rings. The maximum absolute atomic E-state index is 12.6. The van der Waals surface area contributed by atoms with E-state index in [2.05, 4.69) is 10.6 Å². The van der Waals surface area contributed by atoms with E-state index in [1.165, 1.54) is 27.5 Å². The van der Waals surface area contributed by atoms with Gasteiger partial charge in [0.05, 0.1) is 22.8 Å². The van der Waals surface area contributed by atoms with Crippen LogP contribution in [0.25, 0.3) is 0 Å². The SMILES string of the molecule is O=C(Nc1ccccc1N1CCOC1=O)c1ccc(C2CCCN2)s1. The fourth-order valence-corrected chi connectivity index (χ4v) is 4.21. The lowest BCUT2D eigenvalue weighted by molar-refractivity contribution is 0.103. The second-order valence-electron chi connectivity index (χ2n) is 6.09. The third kappa shape index (κ3) is 3.25. The van der Waals surface area contributed by atoms with Crippen LogP contribution in [0, 0.1) is 0 Å². The summed E-state index contributed by atoms with van der Waals surface area (Å²) in [5.41, 5.74) is 1.27. The molecule has 0 spiro atoms. The van der Waals surface area contributed by atoms with Gasteiger partial charge in [0.25, 0.3) is 5.91 Å². The summed E-state index contributed by atoms with van der Waals surface area (Å²) in [6, 6.07) is 11.5. The number of nitrogens with zero attached hydrogens (tertiary/aromatic N) is 1. The number of rotatable bonds is 4. The topological polar surface area (TPSA) is 70.7 Å². The first-order valence-corrected chi connectivity index (χ1v) is 9.22. The molecule has 4 rings (SSSR count). The molecule has 1 unspecified atom stereocenters. The Morgan fingerprint density at radius 2 is 2.16 bits per heavy atom. The van der Waals surface area contributed by atoms with Crippen LogP contribution in [0.2, 0.25) is 0 Å². The lowest BCUT2D eigenvalue weighted by atomic mass is 10.2. The Bertz CT molecular complexity index is 798. The number of amides is 2. The Morgan fingerprint density at radius 1 is 1.28 bits per heavy atom. The van der Waals surface area contributed by atoms with Gasteiger partial charge in [0.2, 0.25) is 0 Å². The highest BCUT2D eigenvalue weighted by molar-refractivity contribution is 7.14. The molecule has 1 aromatic carbocycles. The summed E-state index contributed by atoms with van der Waals surface area (Å²) in [5.74, 6) is -0.158. The Hall–Kier alpha value is -2.38. The minimum atomic E-state index is -0.382. The monoisotopic (exact) mass is 357 g/mol. The third-order valence-corrected chi connectivity index (χ3v) is 5.66. The molecule has 25 heavy (non-hydrogen) atoms. The predicted octanol–water partition coefficient (Wildman–Crippen LogP) is 3.38. The molecule has 2 aliphatic heterocycles. The quantitative estimate of drug-likeness (QED) is 0.880. The van der Waals surface area contributed by atoms with E-state index >= 15 is 0 Å². The highest BCUT2D eigenvalue weighted by Crippen LogP contribution is 2.31. The molecular formula is C18H19N3O3S. The second-order valence-corrected chi connectivity index (χ2v) is 7.20. The first kappa shape index (κ1) is 16.1. The first-order valence-electron chi connectivity index (χ1n) is 8.40. The van der Waals surface area contributed by atoms with Gasteiger partial charge in [-0.3, -0.25) is 9.69 Å². The molecule has 0 saturated carbocycles. The van der Waals surface area contributed by atoms with Crippen LogP contribution in [-0.4, -0.2) is 31.7 Å². The summed E-state index contributed by atoms with van der Waals surface area (Å²) in [6.45, 7) is 1.88. The van der Waals surface area contributed by atoms with Gasteiger partial charge in [-0.05, 0) is 43.7 Å². The van der Waals surface area contributed by atoms with Crippen LogP contribution in [0.4, 0.5) is 16.2 Å². The molecule has 3 heterocycles. The van der Waals surface area contributed by atoms with E-state index in [0.29, 0.717) is 35.4 Å². The predicted molar refractivity (Wildman–Crippen MR) is 97.4 cm³/mol. The van der Waals surface area contributed by atoms with Crippen LogP contribution in [0.3, 0.4) is 0 Å². The van der Waals surface area contributed by atoms with Crippen LogP contribution < -0.4 is 15.5 Å². The van der Waals surface area contributed by atoms with E-state index in [4.69, 9.17) is 4.74 Å². The molecule has 2 N–H and O–H groups in total. The van der Waals surface area contributed by atoms with Crippen LogP contribution in [0.5, 0.6) is 0 Å². The Labute approximate surface area is 149 Å². The van der Waals surface area contributed by atoms with E-state index in [1.807, 2.05) is 30.3 Å². The van der Waals surface area contributed by atoms with Crippen molar-refractivity contribution in [1.82, 2.24) is 5.32 Å². The van der Waals surface area contributed by atoms with Gasteiger partial charge >= 0.3 is 6.09 Å². The zero-order valence-electron chi connectivity index (χ0n) is 13.7. The fourth-order valence-electron chi connectivity index (χ4n) is 3.20. The Balaban J connectivity index is 1.52. The fraction of sp³-hybridized carbons (Fsp3) is 0.333. The number of hydrogen-bond acceptors (Lipinski definition) is 5. The second kappa shape index (κ2) is 6.85. The summed E-state index contributed by atoms with van der Waals surface area (Å²) in [5, 5.41) is 6.38. The van der Waals surface area contributed by atoms with Gasteiger partial charge in [-0.25, -0.2) is 4.79 Å². The normalized spacial score (nSPS) is 19.9. The maximum atomic E-state index is 12.6. The lowest BCUT2D eigenvalue weighted by Gasteiger charge is -2.17. The van der Waals surface area contributed by atoms with Crippen molar-refractivity contribution in [3.05, 3.63) is 46.2 Å². The van der Waals surface area contributed by atoms with Gasteiger partial charge in [-0.15, -0.1) is 11.3 Å². The van der Waals surface area contributed by atoms with E-state index in [9.17, 15) is 9.59 Å². The van der Waals surface area contributed by atoms with Crippen LogP contribution in [0.1, 0.15) is 33.4 Å². The molecule has 2 amide bonds. The van der Waals surface area contributed by atoms with Gasteiger partial charge in [0, 0.05) is 10.9 Å². The number of carbonyl (C=O) groups is 2. The largest absolute Gasteiger partial charge is 0.447 e. The molecule has 130 valence electrons. The Kier molecular flexibility index (Phi) is 4.42. The van der Waals surface area contributed by atoms with Gasteiger partial charge in [-0.2, -0.15) is 0 Å². The maximum Gasteiger partial charge on any atom is 0.414 e. The molecule has 1 atom stereocenters. The molecule has 6 nitrogen and oxygen atoms in total. The third-order valence-electron chi connectivity index (χ3n) is 4.46. The summed E-state index contributed by atoms with van der Waals surface area (Å²) in [6.07, 6.45) is 1.90. The summed E-state index contributed by atoms with van der Waals surface area (Å²) < 4.78 is 4.99. The molecule has 7 heteroatoms.